The zero-order chi connectivity index (χ0) is 13.3. The molecule has 98 valence electrons. The minimum atomic E-state index is -3.04. The number of aromatic nitrogens is 1. The van der Waals surface area contributed by atoms with Gasteiger partial charge >= 0.3 is 0 Å². The summed E-state index contributed by atoms with van der Waals surface area (Å²) >= 11 is 0. The summed E-state index contributed by atoms with van der Waals surface area (Å²) in [5, 5.41) is 2.59. The number of amides is 1. The fraction of sp³-hybridized carbons (Fsp3) is 0.455. The maximum Gasteiger partial charge on any atom is 0.261 e. The van der Waals surface area contributed by atoms with E-state index < -0.39 is 27.3 Å². The van der Waals surface area contributed by atoms with Gasteiger partial charge in [-0.25, -0.2) is 8.42 Å². The summed E-state index contributed by atoms with van der Waals surface area (Å²) in [6.07, 6.45) is 1.87. The van der Waals surface area contributed by atoms with Crippen LogP contribution in [-0.2, 0) is 9.84 Å². The number of carbonyl (C=O) groups excluding carboxylic acids is 1. The van der Waals surface area contributed by atoms with Crippen LogP contribution in [0.3, 0.4) is 0 Å². The van der Waals surface area contributed by atoms with Crippen LogP contribution in [0.2, 0.25) is 0 Å². The van der Waals surface area contributed by atoms with Crippen LogP contribution < -0.4 is 10.9 Å². The number of aromatic amines is 1. The topological polar surface area (TPSA) is 96.1 Å². The average molecular weight is 270 g/mol. The van der Waals surface area contributed by atoms with Crippen molar-refractivity contribution in [3.05, 3.63) is 33.7 Å². The van der Waals surface area contributed by atoms with Gasteiger partial charge in [-0.2, -0.15) is 0 Å². The summed E-state index contributed by atoms with van der Waals surface area (Å²) in [7, 11) is -3.04. The third-order valence-electron chi connectivity index (χ3n) is 2.96. The molecule has 0 aliphatic carbocycles. The molecule has 7 heteroatoms. The van der Waals surface area contributed by atoms with Crippen molar-refractivity contribution in [1.29, 1.82) is 0 Å². The van der Waals surface area contributed by atoms with Crippen LogP contribution in [0.25, 0.3) is 0 Å². The zero-order valence-corrected chi connectivity index (χ0v) is 10.7. The molecule has 0 spiro atoms. The molecule has 0 saturated carbocycles. The molecule has 1 saturated heterocycles. The van der Waals surface area contributed by atoms with Gasteiger partial charge < -0.3 is 10.3 Å². The first-order chi connectivity index (χ1) is 8.39. The number of pyridine rings is 1. The maximum atomic E-state index is 11.9. The van der Waals surface area contributed by atoms with Crippen molar-refractivity contribution in [3.8, 4) is 0 Å². The maximum absolute atomic E-state index is 11.9. The fourth-order valence-corrected chi connectivity index (χ4v) is 3.70. The third kappa shape index (κ3) is 2.61. The number of nitrogens with one attached hydrogen (secondary N) is 2. The lowest BCUT2D eigenvalue weighted by atomic mass is 10.1. The summed E-state index contributed by atoms with van der Waals surface area (Å²) in [6, 6.07) is 1.23. The number of sulfone groups is 1. The molecular formula is C11H14N2O4S. The summed E-state index contributed by atoms with van der Waals surface area (Å²) < 4.78 is 22.5. The Bertz CT molecular complexity index is 633. The van der Waals surface area contributed by atoms with Gasteiger partial charge in [-0.05, 0) is 25.0 Å². The van der Waals surface area contributed by atoms with Crippen LogP contribution in [0.1, 0.15) is 22.3 Å². The van der Waals surface area contributed by atoms with E-state index in [9.17, 15) is 18.0 Å². The predicted octanol–water partition coefficient (Wildman–Crippen LogP) is -0.400. The molecule has 1 fully saturated rings. The molecule has 2 heterocycles. The van der Waals surface area contributed by atoms with Gasteiger partial charge in [-0.3, -0.25) is 9.59 Å². The molecule has 1 atom stereocenters. The second-order valence-corrected chi connectivity index (χ2v) is 6.67. The van der Waals surface area contributed by atoms with E-state index in [1.54, 1.807) is 13.0 Å². The monoisotopic (exact) mass is 270 g/mol. The fourth-order valence-electron chi connectivity index (χ4n) is 2.03. The minimum absolute atomic E-state index is 0.0433. The predicted molar refractivity (Wildman–Crippen MR) is 66.3 cm³/mol. The summed E-state index contributed by atoms with van der Waals surface area (Å²) in [5.74, 6) is -0.485. The molecule has 0 radical (unpaired) electrons. The second-order valence-electron chi connectivity index (χ2n) is 4.44. The summed E-state index contributed by atoms with van der Waals surface area (Å²) in [4.78, 5) is 25.9. The highest BCUT2D eigenvalue weighted by Gasteiger charge is 2.29. The largest absolute Gasteiger partial charge is 0.348 e. The van der Waals surface area contributed by atoms with Crippen LogP contribution in [0.5, 0.6) is 0 Å². The Morgan fingerprint density at radius 2 is 2.22 bits per heavy atom. The highest BCUT2D eigenvalue weighted by atomic mass is 32.2. The van der Waals surface area contributed by atoms with Gasteiger partial charge in [0.05, 0.1) is 11.5 Å². The SMILES string of the molecule is Cc1cc[nH]c(=O)c1C(=O)NC1CCS(=O)(=O)C1. The van der Waals surface area contributed by atoms with Gasteiger partial charge in [-0.1, -0.05) is 0 Å². The molecule has 1 unspecified atom stereocenters. The smallest absolute Gasteiger partial charge is 0.261 e. The molecular weight excluding hydrogens is 256 g/mol. The molecule has 2 rings (SSSR count). The van der Waals surface area contributed by atoms with Crippen molar-refractivity contribution < 1.29 is 13.2 Å². The molecule has 1 aromatic rings. The van der Waals surface area contributed by atoms with E-state index in [-0.39, 0.29) is 17.1 Å². The molecule has 1 amide bonds. The summed E-state index contributed by atoms with van der Waals surface area (Å²) in [5.41, 5.74) is 0.146. The molecule has 1 aromatic heterocycles. The molecule has 0 aromatic carbocycles. The Morgan fingerprint density at radius 1 is 1.50 bits per heavy atom. The van der Waals surface area contributed by atoms with Crippen LogP contribution in [-0.4, -0.2) is 36.9 Å². The van der Waals surface area contributed by atoms with E-state index in [1.165, 1.54) is 6.20 Å². The molecule has 6 nitrogen and oxygen atoms in total. The third-order valence-corrected chi connectivity index (χ3v) is 4.73. The molecule has 0 bridgehead atoms. The van der Waals surface area contributed by atoms with Gasteiger partial charge in [-0.15, -0.1) is 0 Å². The standard InChI is InChI=1S/C11H14N2O4S/c1-7-2-4-12-10(14)9(7)11(15)13-8-3-5-18(16,17)6-8/h2,4,8H,3,5-6H2,1H3,(H,12,14)(H,13,15). The number of aryl methyl sites for hydroxylation is 1. The lowest BCUT2D eigenvalue weighted by Crippen LogP contribution is -2.38. The first-order valence-electron chi connectivity index (χ1n) is 5.58. The summed E-state index contributed by atoms with van der Waals surface area (Å²) in [6.45, 7) is 1.66. The van der Waals surface area contributed by atoms with Gasteiger partial charge in [0.2, 0.25) is 0 Å². The molecule has 1 aliphatic rings. The van der Waals surface area contributed by atoms with E-state index in [1.807, 2.05) is 0 Å². The molecule has 1 aliphatic heterocycles. The van der Waals surface area contributed by atoms with Crippen molar-refractivity contribution in [2.75, 3.05) is 11.5 Å². The highest BCUT2D eigenvalue weighted by molar-refractivity contribution is 7.91. The average Bonchev–Trinajstić information content (AvgIpc) is 2.57. The zero-order valence-electron chi connectivity index (χ0n) is 9.89. The number of rotatable bonds is 2. The first-order valence-corrected chi connectivity index (χ1v) is 7.41. The van der Waals surface area contributed by atoms with E-state index in [4.69, 9.17) is 0 Å². The van der Waals surface area contributed by atoms with Crippen molar-refractivity contribution in [2.24, 2.45) is 0 Å². The van der Waals surface area contributed by atoms with Crippen LogP contribution >= 0.6 is 0 Å². The van der Waals surface area contributed by atoms with Crippen LogP contribution in [0, 0.1) is 6.92 Å². The Morgan fingerprint density at radius 3 is 2.78 bits per heavy atom. The number of hydrogen-bond acceptors (Lipinski definition) is 4. The van der Waals surface area contributed by atoms with Crippen molar-refractivity contribution in [3.63, 3.8) is 0 Å². The number of hydrogen-bond donors (Lipinski definition) is 2. The Balaban J connectivity index is 2.17. The van der Waals surface area contributed by atoms with E-state index >= 15 is 0 Å². The van der Waals surface area contributed by atoms with Crippen LogP contribution in [0.4, 0.5) is 0 Å². The lowest BCUT2D eigenvalue weighted by molar-refractivity contribution is 0.0939. The van der Waals surface area contributed by atoms with E-state index in [2.05, 4.69) is 10.3 Å². The van der Waals surface area contributed by atoms with Crippen molar-refractivity contribution >= 4 is 15.7 Å². The number of carbonyl (C=O) groups is 1. The van der Waals surface area contributed by atoms with Gasteiger partial charge in [0.15, 0.2) is 9.84 Å². The second kappa shape index (κ2) is 4.56. The number of H-pyrrole nitrogens is 1. The Labute approximate surface area is 104 Å². The van der Waals surface area contributed by atoms with Crippen LogP contribution in [0.15, 0.2) is 17.1 Å². The molecule has 2 N–H and O–H groups in total. The Hall–Kier alpha value is -1.63. The van der Waals surface area contributed by atoms with E-state index in [0.717, 1.165) is 0 Å². The van der Waals surface area contributed by atoms with Crippen molar-refractivity contribution in [1.82, 2.24) is 10.3 Å². The van der Waals surface area contributed by atoms with E-state index in [0.29, 0.717) is 12.0 Å². The lowest BCUT2D eigenvalue weighted by Gasteiger charge is -2.11. The highest BCUT2D eigenvalue weighted by Crippen LogP contribution is 2.12. The van der Waals surface area contributed by atoms with Gasteiger partial charge in [0, 0.05) is 12.2 Å². The Kier molecular flexibility index (Phi) is 3.25. The normalized spacial score (nSPS) is 21.7. The quantitative estimate of drug-likeness (QED) is 0.764. The van der Waals surface area contributed by atoms with Gasteiger partial charge in [0.1, 0.15) is 5.56 Å². The first kappa shape index (κ1) is 12.8. The molecule has 18 heavy (non-hydrogen) atoms. The van der Waals surface area contributed by atoms with Gasteiger partial charge in [0.25, 0.3) is 11.5 Å². The van der Waals surface area contributed by atoms with Crippen molar-refractivity contribution in [2.45, 2.75) is 19.4 Å². The minimum Gasteiger partial charge on any atom is -0.348 e.